The molecular formula is C20H24N4O3. The predicted molar refractivity (Wildman–Crippen MR) is 102 cm³/mol. The number of carbonyl (C=O) groups excluding carboxylic acids is 2. The normalized spacial score (nSPS) is 15.0. The summed E-state index contributed by atoms with van der Waals surface area (Å²) in [6.45, 7) is 0.409. The topological polar surface area (TPSA) is 92.4 Å². The number of hydrogen-bond donors (Lipinski definition) is 3. The number of urea groups is 1. The van der Waals surface area contributed by atoms with Gasteiger partial charge < -0.3 is 20.7 Å². The van der Waals surface area contributed by atoms with Gasteiger partial charge in [-0.2, -0.15) is 0 Å². The zero-order chi connectivity index (χ0) is 19.1. The average molecular weight is 368 g/mol. The van der Waals surface area contributed by atoms with Gasteiger partial charge in [0.05, 0.1) is 19.0 Å². The van der Waals surface area contributed by atoms with Crippen molar-refractivity contribution in [2.75, 3.05) is 12.4 Å². The molecule has 1 heterocycles. The molecule has 7 heteroatoms. The third-order valence-corrected chi connectivity index (χ3v) is 4.74. The number of anilines is 1. The highest BCUT2D eigenvalue weighted by Crippen LogP contribution is 2.31. The van der Waals surface area contributed by atoms with Crippen LogP contribution in [0.4, 0.5) is 10.5 Å². The van der Waals surface area contributed by atoms with Crippen molar-refractivity contribution in [3.8, 4) is 5.88 Å². The molecule has 7 nitrogen and oxygen atoms in total. The molecule has 1 aromatic heterocycles. The lowest BCUT2D eigenvalue weighted by Gasteiger charge is -2.29. The molecule has 2 aromatic rings. The van der Waals surface area contributed by atoms with E-state index in [1.165, 1.54) is 13.3 Å². The average Bonchev–Trinajstić information content (AvgIpc) is 3.17. The lowest BCUT2D eigenvalue weighted by atomic mass is 9.96. The quantitative estimate of drug-likeness (QED) is 0.731. The fourth-order valence-corrected chi connectivity index (χ4v) is 3.25. The van der Waals surface area contributed by atoms with Gasteiger partial charge in [0.2, 0.25) is 11.8 Å². The number of aromatic nitrogens is 1. The molecule has 3 rings (SSSR count). The lowest BCUT2D eigenvalue weighted by molar-refractivity contribution is -0.121. The van der Waals surface area contributed by atoms with Crippen LogP contribution in [0.2, 0.25) is 0 Å². The summed E-state index contributed by atoms with van der Waals surface area (Å²) in [5.41, 5.74) is 0.668. The fourth-order valence-electron chi connectivity index (χ4n) is 3.25. The molecule has 0 saturated heterocycles. The molecule has 1 aliphatic carbocycles. The minimum absolute atomic E-state index is 0.221. The number of nitrogens with one attached hydrogen (secondary N) is 3. The smallest absolute Gasteiger partial charge is 0.315 e. The first-order valence-corrected chi connectivity index (χ1v) is 9.03. The summed E-state index contributed by atoms with van der Waals surface area (Å²) in [5.74, 6) is 0.254. The standard InChI is InChI=1S/C20H24N4O3/c1-27-17-10-9-16(14-21-17)23-18(25)20(11-5-6-12-20)24-19(26)22-13-15-7-3-2-4-8-15/h2-4,7-10,14H,5-6,11-13H2,1H3,(H,23,25)(H2,22,24,26). The van der Waals surface area contributed by atoms with E-state index in [4.69, 9.17) is 4.74 Å². The second-order valence-corrected chi connectivity index (χ2v) is 6.63. The first-order chi connectivity index (χ1) is 13.1. The lowest BCUT2D eigenvalue weighted by Crippen LogP contribution is -2.57. The molecular weight excluding hydrogens is 344 g/mol. The van der Waals surface area contributed by atoms with Crippen molar-refractivity contribution >= 4 is 17.6 Å². The Morgan fingerprint density at radius 3 is 2.48 bits per heavy atom. The summed E-state index contributed by atoms with van der Waals surface area (Å²) in [5, 5.41) is 8.58. The molecule has 1 aliphatic rings. The molecule has 3 N–H and O–H groups in total. The maximum Gasteiger partial charge on any atom is 0.315 e. The van der Waals surface area contributed by atoms with Crippen molar-refractivity contribution in [3.05, 3.63) is 54.2 Å². The van der Waals surface area contributed by atoms with Crippen LogP contribution in [0, 0.1) is 0 Å². The summed E-state index contributed by atoms with van der Waals surface area (Å²) in [6.07, 6.45) is 4.55. The van der Waals surface area contributed by atoms with E-state index in [1.807, 2.05) is 30.3 Å². The molecule has 3 amide bonds. The Balaban J connectivity index is 1.61. The third kappa shape index (κ3) is 4.75. The molecule has 0 spiro atoms. The number of nitrogens with zero attached hydrogens (tertiary/aromatic N) is 1. The highest BCUT2D eigenvalue weighted by molar-refractivity contribution is 6.00. The van der Waals surface area contributed by atoms with Gasteiger partial charge in [-0.3, -0.25) is 4.79 Å². The van der Waals surface area contributed by atoms with E-state index in [-0.39, 0.29) is 11.9 Å². The van der Waals surface area contributed by atoms with Crippen LogP contribution in [0.3, 0.4) is 0 Å². The Morgan fingerprint density at radius 1 is 1.11 bits per heavy atom. The number of methoxy groups -OCH3 is 1. The van der Waals surface area contributed by atoms with Crippen LogP contribution in [0.15, 0.2) is 48.7 Å². The molecule has 0 unspecified atom stereocenters. The third-order valence-electron chi connectivity index (χ3n) is 4.74. The highest BCUT2D eigenvalue weighted by atomic mass is 16.5. The maximum atomic E-state index is 12.9. The summed E-state index contributed by atoms with van der Waals surface area (Å²) < 4.78 is 5.02. The van der Waals surface area contributed by atoms with Gasteiger partial charge in [0.25, 0.3) is 0 Å². The maximum absolute atomic E-state index is 12.9. The number of carbonyl (C=O) groups is 2. The molecule has 27 heavy (non-hydrogen) atoms. The number of amides is 3. The van der Waals surface area contributed by atoms with Crippen molar-refractivity contribution in [3.63, 3.8) is 0 Å². The zero-order valence-corrected chi connectivity index (χ0v) is 15.3. The summed E-state index contributed by atoms with van der Waals surface area (Å²) in [7, 11) is 1.53. The Hall–Kier alpha value is -3.09. The predicted octanol–water partition coefficient (Wildman–Crippen LogP) is 2.84. The molecule has 1 aromatic carbocycles. The minimum Gasteiger partial charge on any atom is -0.481 e. The second-order valence-electron chi connectivity index (χ2n) is 6.63. The summed E-state index contributed by atoms with van der Waals surface area (Å²) in [6, 6.07) is 12.7. The zero-order valence-electron chi connectivity index (χ0n) is 15.3. The van der Waals surface area contributed by atoms with Crippen LogP contribution in [0.5, 0.6) is 5.88 Å². The fraction of sp³-hybridized carbons (Fsp3) is 0.350. The van der Waals surface area contributed by atoms with E-state index < -0.39 is 5.54 Å². The largest absolute Gasteiger partial charge is 0.481 e. The van der Waals surface area contributed by atoms with Crippen LogP contribution in [-0.2, 0) is 11.3 Å². The van der Waals surface area contributed by atoms with Crippen LogP contribution >= 0.6 is 0 Å². The Labute approximate surface area is 158 Å². The van der Waals surface area contributed by atoms with E-state index >= 15 is 0 Å². The first kappa shape index (κ1) is 18.7. The van der Waals surface area contributed by atoms with E-state index in [1.54, 1.807) is 12.1 Å². The first-order valence-electron chi connectivity index (χ1n) is 9.03. The van der Waals surface area contributed by atoms with Gasteiger partial charge in [-0.05, 0) is 24.5 Å². The Bertz CT molecular complexity index is 772. The van der Waals surface area contributed by atoms with Gasteiger partial charge >= 0.3 is 6.03 Å². The van der Waals surface area contributed by atoms with Gasteiger partial charge in [0, 0.05) is 12.6 Å². The van der Waals surface area contributed by atoms with Gasteiger partial charge in [0.15, 0.2) is 0 Å². The van der Waals surface area contributed by atoms with Crippen LogP contribution < -0.4 is 20.7 Å². The van der Waals surface area contributed by atoms with Gasteiger partial charge in [-0.25, -0.2) is 9.78 Å². The molecule has 1 fully saturated rings. The Morgan fingerprint density at radius 2 is 1.85 bits per heavy atom. The summed E-state index contributed by atoms with van der Waals surface area (Å²) >= 11 is 0. The van der Waals surface area contributed by atoms with Crippen LogP contribution in [0.25, 0.3) is 0 Å². The second kappa shape index (κ2) is 8.53. The molecule has 142 valence electrons. The monoisotopic (exact) mass is 368 g/mol. The number of benzene rings is 1. The highest BCUT2D eigenvalue weighted by Gasteiger charge is 2.42. The van der Waals surface area contributed by atoms with Crippen molar-refractivity contribution in [2.45, 2.75) is 37.8 Å². The van der Waals surface area contributed by atoms with Crippen molar-refractivity contribution in [1.82, 2.24) is 15.6 Å². The number of pyridine rings is 1. The van der Waals surface area contributed by atoms with Crippen molar-refractivity contribution < 1.29 is 14.3 Å². The molecule has 1 saturated carbocycles. The van der Waals surface area contributed by atoms with E-state index in [0.717, 1.165) is 18.4 Å². The van der Waals surface area contributed by atoms with Crippen LogP contribution in [0.1, 0.15) is 31.2 Å². The number of rotatable bonds is 6. The number of ether oxygens (including phenoxy) is 1. The minimum atomic E-state index is -0.902. The van der Waals surface area contributed by atoms with E-state index in [2.05, 4.69) is 20.9 Å². The Kier molecular flexibility index (Phi) is 5.90. The molecule has 0 bridgehead atoms. The van der Waals surface area contributed by atoms with E-state index in [9.17, 15) is 9.59 Å². The molecule has 0 radical (unpaired) electrons. The summed E-state index contributed by atoms with van der Waals surface area (Å²) in [4.78, 5) is 29.4. The van der Waals surface area contributed by atoms with Crippen molar-refractivity contribution in [2.24, 2.45) is 0 Å². The van der Waals surface area contributed by atoms with Gasteiger partial charge in [-0.1, -0.05) is 43.2 Å². The molecule has 0 aliphatic heterocycles. The van der Waals surface area contributed by atoms with Crippen molar-refractivity contribution in [1.29, 1.82) is 0 Å². The molecule has 0 atom stereocenters. The van der Waals surface area contributed by atoms with E-state index in [0.29, 0.717) is 31.0 Å². The van der Waals surface area contributed by atoms with Gasteiger partial charge in [-0.15, -0.1) is 0 Å². The number of hydrogen-bond acceptors (Lipinski definition) is 4. The van der Waals surface area contributed by atoms with Crippen LogP contribution in [-0.4, -0.2) is 29.6 Å². The van der Waals surface area contributed by atoms with Gasteiger partial charge in [0.1, 0.15) is 5.54 Å². The SMILES string of the molecule is COc1ccc(NC(=O)C2(NC(=O)NCc3ccccc3)CCCC2)cn1.